The quantitative estimate of drug-likeness (QED) is 0.469. The molecule has 1 heterocycles. The van der Waals surface area contributed by atoms with Gasteiger partial charge in [-0.25, -0.2) is 9.78 Å². The second-order valence-corrected chi connectivity index (χ2v) is 7.36. The molecule has 144 valence electrons. The van der Waals surface area contributed by atoms with Gasteiger partial charge in [0.15, 0.2) is 11.2 Å². The van der Waals surface area contributed by atoms with Gasteiger partial charge in [-0.1, -0.05) is 60.7 Å². The fourth-order valence-electron chi connectivity index (χ4n) is 2.88. The molecule has 0 aliphatic heterocycles. The minimum absolute atomic E-state index is 0.406. The number of rotatable bonds is 5. The van der Waals surface area contributed by atoms with E-state index in [-0.39, 0.29) is 0 Å². The van der Waals surface area contributed by atoms with Crippen molar-refractivity contribution in [1.82, 2.24) is 4.98 Å². The monoisotopic (exact) mass is 402 g/mol. The fraction of sp³-hybridized carbons (Fsp3) is 0.0870. The Morgan fingerprint density at radius 3 is 2.48 bits per heavy atom. The Balaban J connectivity index is 1.40. The zero-order valence-corrected chi connectivity index (χ0v) is 16.5. The van der Waals surface area contributed by atoms with E-state index in [9.17, 15) is 9.59 Å². The number of ether oxygens (including phenoxy) is 1. The lowest BCUT2D eigenvalue weighted by Crippen LogP contribution is -2.29. The molecule has 5 nitrogen and oxygen atoms in total. The molecule has 0 spiro atoms. The number of amides is 1. The van der Waals surface area contributed by atoms with Crippen LogP contribution in [0.5, 0.6) is 0 Å². The first-order valence-corrected chi connectivity index (χ1v) is 10.00. The summed E-state index contributed by atoms with van der Waals surface area (Å²) >= 11 is 1.32. The van der Waals surface area contributed by atoms with Gasteiger partial charge < -0.3 is 4.74 Å². The van der Waals surface area contributed by atoms with E-state index >= 15 is 0 Å². The minimum Gasteiger partial charge on any atom is -0.449 e. The van der Waals surface area contributed by atoms with Gasteiger partial charge in [0, 0.05) is 10.9 Å². The van der Waals surface area contributed by atoms with E-state index in [0.717, 1.165) is 22.0 Å². The average molecular weight is 402 g/mol. The number of nitrogens with zero attached hydrogens (tertiary/aromatic N) is 1. The van der Waals surface area contributed by atoms with Crippen molar-refractivity contribution in [3.05, 3.63) is 83.7 Å². The van der Waals surface area contributed by atoms with Crippen molar-refractivity contribution >= 4 is 39.1 Å². The number of fused-ring (bicyclic) bond motifs is 1. The van der Waals surface area contributed by atoms with Crippen LogP contribution in [-0.2, 0) is 9.53 Å². The van der Waals surface area contributed by atoms with Gasteiger partial charge in [-0.3, -0.25) is 10.1 Å². The number of carbonyl (C=O) groups is 2. The van der Waals surface area contributed by atoms with Crippen molar-refractivity contribution in [2.45, 2.75) is 13.0 Å². The average Bonchev–Trinajstić information content (AvgIpc) is 3.22. The third-order valence-electron chi connectivity index (χ3n) is 4.44. The van der Waals surface area contributed by atoms with Gasteiger partial charge in [0.1, 0.15) is 0 Å². The van der Waals surface area contributed by atoms with E-state index in [1.807, 2.05) is 66.0 Å². The highest BCUT2D eigenvalue weighted by Crippen LogP contribution is 2.25. The van der Waals surface area contributed by atoms with Crippen LogP contribution >= 0.6 is 11.3 Å². The van der Waals surface area contributed by atoms with Gasteiger partial charge in [-0.05, 0) is 29.8 Å². The predicted molar refractivity (Wildman–Crippen MR) is 115 cm³/mol. The summed E-state index contributed by atoms with van der Waals surface area (Å²) in [6.07, 6.45) is -0.946. The highest BCUT2D eigenvalue weighted by molar-refractivity contribution is 7.14. The Hall–Kier alpha value is -3.51. The molecule has 29 heavy (non-hydrogen) atoms. The summed E-state index contributed by atoms with van der Waals surface area (Å²) in [5, 5.41) is 7.02. The molecule has 0 aliphatic carbocycles. The van der Waals surface area contributed by atoms with Crippen LogP contribution in [0.2, 0.25) is 0 Å². The first kappa shape index (κ1) is 18.8. The molecular weight excluding hydrogens is 384 g/mol. The maximum absolute atomic E-state index is 12.4. The molecule has 1 N–H and O–H groups in total. The summed E-state index contributed by atoms with van der Waals surface area (Å²) < 4.78 is 5.34. The van der Waals surface area contributed by atoms with Gasteiger partial charge >= 0.3 is 5.97 Å². The Bertz CT molecular complexity index is 1170. The number of carbonyl (C=O) groups excluding carboxylic acids is 2. The Labute approximate surface area is 172 Å². The van der Waals surface area contributed by atoms with Crippen LogP contribution in [0, 0.1) is 0 Å². The van der Waals surface area contributed by atoms with Crippen LogP contribution in [0.4, 0.5) is 5.13 Å². The van der Waals surface area contributed by atoms with E-state index in [1.165, 1.54) is 11.3 Å². The maximum atomic E-state index is 12.4. The molecular formula is C23H18N2O3S. The summed E-state index contributed by atoms with van der Waals surface area (Å²) in [6, 6.07) is 22.8. The van der Waals surface area contributed by atoms with Crippen molar-refractivity contribution in [2.75, 3.05) is 5.32 Å². The van der Waals surface area contributed by atoms with Gasteiger partial charge in [-0.2, -0.15) is 0 Å². The Morgan fingerprint density at radius 2 is 1.69 bits per heavy atom. The number of thiazole rings is 1. The van der Waals surface area contributed by atoms with Gasteiger partial charge in [0.2, 0.25) is 0 Å². The molecule has 0 bridgehead atoms. The fourth-order valence-corrected chi connectivity index (χ4v) is 3.60. The van der Waals surface area contributed by atoms with Crippen LogP contribution in [0.25, 0.3) is 22.0 Å². The number of nitrogens with one attached hydrogen (secondary N) is 1. The maximum Gasteiger partial charge on any atom is 0.338 e. The lowest BCUT2D eigenvalue weighted by Gasteiger charge is -2.12. The van der Waals surface area contributed by atoms with Gasteiger partial charge in [0.05, 0.1) is 11.3 Å². The number of aromatic nitrogens is 1. The van der Waals surface area contributed by atoms with Crippen molar-refractivity contribution in [2.24, 2.45) is 0 Å². The molecule has 1 atom stereocenters. The molecule has 0 aliphatic rings. The third-order valence-corrected chi connectivity index (χ3v) is 5.20. The number of benzene rings is 3. The molecule has 3 aromatic carbocycles. The van der Waals surface area contributed by atoms with Crippen molar-refractivity contribution < 1.29 is 14.3 Å². The molecule has 0 radical (unpaired) electrons. The van der Waals surface area contributed by atoms with E-state index in [1.54, 1.807) is 19.1 Å². The van der Waals surface area contributed by atoms with Gasteiger partial charge in [0.25, 0.3) is 5.91 Å². The Kier molecular flexibility index (Phi) is 5.35. The predicted octanol–water partition coefficient (Wildman–Crippen LogP) is 5.15. The molecule has 0 saturated heterocycles. The summed E-state index contributed by atoms with van der Waals surface area (Å²) in [5.74, 6) is -0.962. The smallest absolute Gasteiger partial charge is 0.338 e. The highest BCUT2D eigenvalue weighted by Gasteiger charge is 2.20. The molecule has 1 amide bonds. The second-order valence-electron chi connectivity index (χ2n) is 6.50. The molecule has 0 fully saturated rings. The van der Waals surface area contributed by atoms with Crippen LogP contribution in [0.15, 0.2) is 78.2 Å². The molecule has 1 aromatic heterocycles. The number of esters is 1. The Morgan fingerprint density at radius 1 is 0.966 bits per heavy atom. The second kappa shape index (κ2) is 8.24. The first-order valence-electron chi connectivity index (χ1n) is 9.12. The summed E-state index contributed by atoms with van der Waals surface area (Å²) in [5.41, 5.74) is 2.16. The zero-order valence-electron chi connectivity index (χ0n) is 15.7. The normalized spacial score (nSPS) is 11.8. The van der Waals surface area contributed by atoms with E-state index < -0.39 is 18.0 Å². The number of hydrogen-bond acceptors (Lipinski definition) is 5. The summed E-state index contributed by atoms with van der Waals surface area (Å²) in [4.78, 5) is 29.3. The standard InChI is InChI=1S/C23H18N2O3S/c1-15(28-22(27)19-12-11-16-7-5-6-10-18(16)13-19)21(26)25-23-24-20(14-29-23)17-8-3-2-4-9-17/h2-15H,1H3,(H,24,25,26)/t15-/m1/s1. The van der Waals surface area contributed by atoms with E-state index in [0.29, 0.717) is 10.7 Å². The van der Waals surface area contributed by atoms with Crippen LogP contribution < -0.4 is 5.32 Å². The third kappa shape index (κ3) is 4.33. The zero-order chi connectivity index (χ0) is 20.2. The number of hydrogen-bond donors (Lipinski definition) is 1. The lowest BCUT2D eigenvalue weighted by molar-refractivity contribution is -0.123. The van der Waals surface area contributed by atoms with Crippen LogP contribution in [0.3, 0.4) is 0 Å². The molecule has 4 aromatic rings. The molecule has 4 rings (SSSR count). The SMILES string of the molecule is C[C@@H](OC(=O)c1ccc2ccccc2c1)C(=O)Nc1nc(-c2ccccc2)cs1. The van der Waals surface area contributed by atoms with E-state index in [2.05, 4.69) is 10.3 Å². The lowest BCUT2D eigenvalue weighted by atomic mass is 10.1. The highest BCUT2D eigenvalue weighted by atomic mass is 32.1. The first-order chi connectivity index (χ1) is 14.1. The van der Waals surface area contributed by atoms with Crippen molar-refractivity contribution in [3.63, 3.8) is 0 Å². The summed E-state index contributed by atoms with van der Waals surface area (Å²) in [6.45, 7) is 1.54. The molecule has 6 heteroatoms. The summed E-state index contributed by atoms with van der Waals surface area (Å²) in [7, 11) is 0. The van der Waals surface area contributed by atoms with E-state index in [4.69, 9.17) is 4.74 Å². The topological polar surface area (TPSA) is 68.3 Å². The number of anilines is 1. The van der Waals surface area contributed by atoms with Gasteiger partial charge in [-0.15, -0.1) is 11.3 Å². The van der Waals surface area contributed by atoms with Crippen molar-refractivity contribution in [1.29, 1.82) is 0 Å². The van der Waals surface area contributed by atoms with Crippen molar-refractivity contribution in [3.8, 4) is 11.3 Å². The van der Waals surface area contributed by atoms with Crippen LogP contribution in [0.1, 0.15) is 17.3 Å². The molecule has 0 unspecified atom stereocenters. The van der Waals surface area contributed by atoms with Crippen LogP contribution in [-0.4, -0.2) is 23.0 Å². The minimum atomic E-state index is -0.946. The largest absolute Gasteiger partial charge is 0.449 e. The molecule has 0 saturated carbocycles.